The van der Waals surface area contributed by atoms with Crippen LogP contribution in [0.5, 0.6) is 11.5 Å². The molecule has 2 aromatic heterocycles. The van der Waals surface area contributed by atoms with Crippen LogP contribution in [0.3, 0.4) is 0 Å². The van der Waals surface area contributed by atoms with Crippen molar-refractivity contribution in [1.29, 1.82) is 0 Å². The maximum Gasteiger partial charge on any atom is 0.226 e. The second kappa shape index (κ2) is 6.40. The lowest BCUT2D eigenvalue weighted by Gasteiger charge is -2.23. The number of hydrogen-bond acceptors (Lipinski definition) is 5. The highest BCUT2D eigenvalue weighted by atomic mass is 16.6. The number of hydrogen-bond donors (Lipinski definition) is 2. The lowest BCUT2D eigenvalue weighted by Crippen LogP contribution is -2.22. The molecule has 0 spiro atoms. The van der Waals surface area contributed by atoms with Crippen LogP contribution in [0.1, 0.15) is 23.2 Å². The van der Waals surface area contributed by atoms with Crippen molar-refractivity contribution in [2.45, 2.75) is 25.7 Å². The Bertz CT molecular complexity index is 1030. The van der Waals surface area contributed by atoms with Gasteiger partial charge in [0, 0.05) is 36.1 Å². The van der Waals surface area contributed by atoms with Gasteiger partial charge in [0.15, 0.2) is 0 Å². The molecule has 0 aliphatic carbocycles. The quantitative estimate of drug-likeness (QED) is 0.749. The average molecular weight is 363 g/mol. The van der Waals surface area contributed by atoms with E-state index < -0.39 is 6.29 Å². The molecule has 1 unspecified atom stereocenters. The van der Waals surface area contributed by atoms with Gasteiger partial charge in [0.1, 0.15) is 23.3 Å². The average Bonchev–Trinajstić information content (AvgIpc) is 3.30. The summed E-state index contributed by atoms with van der Waals surface area (Å²) in [6, 6.07) is 9.78. The fraction of sp³-hybridized carbons (Fsp3) is 0.286. The number of aryl methyl sites for hydroxylation is 1. The van der Waals surface area contributed by atoms with Crippen LogP contribution in [0.4, 0.5) is 0 Å². The fourth-order valence-electron chi connectivity index (χ4n) is 3.58. The molecular formula is C21H21N3O3. The third-order valence-corrected chi connectivity index (χ3v) is 5.03. The van der Waals surface area contributed by atoms with Crippen molar-refractivity contribution >= 4 is 17.3 Å². The van der Waals surface area contributed by atoms with Crippen LogP contribution >= 0.6 is 0 Å². The van der Waals surface area contributed by atoms with Crippen LogP contribution in [0, 0.1) is 6.92 Å². The smallest absolute Gasteiger partial charge is 0.226 e. The number of aromatic nitrogens is 2. The first-order chi connectivity index (χ1) is 13.2. The summed E-state index contributed by atoms with van der Waals surface area (Å²) >= 11 is 0. The van der Waals surface area contributed by atoms with Gasteiger partial charge in [-0.15, -0.1) is 0 Å². The SMILES string of the molecule is Cc1ccn2cc(C3=Cc4ccc(O[C@@H]5CCNC5)cc4OC3O)nc2c1. The summed E-state index contributed by atoms with van der Waals surface area (Å²) in [6.07, 6.45) is 5.92. The van der Waals surface area contributed by atoms with E-state index in [1.807, 2.05) is 60.1 Å². The van der Waals surface area contributed by atoms with E-state index in [0.717, 1.165) is 42.0 Å². The van der Waals surface area contributed by atoms with E-state index >= 15 is 0 Å². The van der Waals surface area contributed by atoms with Crippen molar-refractivity contribution < 1.29 is 14.6 Å². The van der Waals surface area contributed by atoms with Crippen molar-refractivity contribution in [2.24, 2.45) is 0 Å². The zero-order valence-electron chi connectivity index (χ0n) is 15.1. The Balaban J connectivity index is 1.47. The molecule has 6 heteroatoms. The zero-order chi connectivity index (χ0) is 18.4. The molecule has 1 fully saturated rings. The number of nitrogens with zero attached hydrogens (tertiary/aromatic N) is 2. The lowest BCUT2D eigenvalue weighted by atomic mass is 10.0. The molecule has 5 rings (SSSR count). The Morgan fingerprint density at radius 2 is 2.22 bits per heavy atom. The summed E-state index contributed by atoms with van der Waals surface area (Å²) in [6.45, 7) is 3.87. The molecule has 0 amide bonds. The minimum absolute atomic E-state index is 0.184. The number of aliphatic hydroxyl groups is 1. The van der Waals surface area contributed by atoms with E-state index in [-0.39, 0.29) is 6.10 Å². The summed E-state index contributed by atoms with van der Waals surface area (Å²) in [4.78, 5) is 4.63. The van der Waals surface area contributed by atoms with E-state index in [4.69, 9.17) is 9.47 Å². The van der Waals surface area contributed by atoms with Gasteiger partial charge in [0.25, 0.3) is 0 Å². The molecule has 27 heavy (non-hydrogen) atoms. The molecule has 2 atom stereocenters. The topological polar surface area (TPSA) is 68.0 Å². The molecule has 138 valence electrons. The van der Waals surface area contributed by atoms with E-state index in [1.165, 1.54) is 0 Å². The van der Waals surface area contributed by atoms with Crippen molar-refractivity contribution in [3.05, 3.63) is 59.5 Å². The predicted octanol–water partition coefficient (Wildman–Crippen LogP) is 2.63. The van der Waals surface area contributed by atoms with Gasteiger partial charge in [-0.3, -0.25) is 0 Å². The van der Waals surface area contributed by atoms with Crippen molar-refractivity contribution in [3.63, 3.8) is 0 Å². The van der Waals surface area contributed by atoms with Gasteiger partial charge in [-0.1, -0.05) is 0 Å². The molecular weight excluding hydrogens is 342 g/mol. The summed E-state index contributed by atoms with van der Waals surface area (Å²) < 4.78 is 13.7. The number of rotatable bonds is 3. The maximum atomic E-state index is 10.5. The lowest BCUT2D eigenvalue weighted by molar-refractivity contribution is 0.0315. The van der Waals surface area contributed by atoms with Crippen LogP contribution in [0.15, 0.2) is 42.7 Å². The fourth-order valence-corrected chi connectivity index (χ4v) is 3.58. The van der Waals surface area contributed by atoms with Gasteiger partial charge >= 0.3 is 0 Å². The molecule has 6 nitrogen and oxygen atoms in total. The van der Waals surface area contributed by atoms with E-state index in [0.29, 0.717) is 17.0 Å². The molecule has 3 aromatic rings. The second-order valence-electron chi connectivity index (χ2n) is 7.10. The van der Waals surface area contributed by atoms with E-state index in [2.05, 4.69) is 10.3 Å². The Kier molecular flexibility index (Phi) is 3.88. The summed E-state index contributed by atoms with van der Waals surface area (Å²) in [5.41, 5.74) is 4.25. The number of benzene rings is 1. The Morgan fingerprint density at radius 3 is 3.07 bits per heavy atom. The molecule has 2 aliphatic rings. The Morgan fingerprint density at radius 1 is 1.30 bits per heavy atom. The molecule has 0 radical (unpaired) electrons. The van der Waals surface area contributed by atoms with Gasteiger partial charge in [-0.05, 0) is 55.8 Å². The van der Waals surface area contributed by atoms with Crippen molar-refractivity contribution in [2.75, 3.05) is 13.1 Å². The van der Waals surface area contributed by atoms with Crippen LogP contribution in [0.2, 0.25) is 0 Å². The summed E-state index contributed by atoms with van der Waals surface area (Å²) in [7, 11) is 0. The number of pyridine rings is 1. The number of imidazole rings is 1. The predicted molar refractivity (Wildman–Crippen MR) is 103 cm³/mol. The Hall–Kier alpha value is -2.83. The normalized spacial score (nSPS) is 21.6. The molecule has 4 heterocycles. The molecule has 0 saturated carbocycles. The highest BCUT2D eigenvalue weighted by molar-refractivity contribution is 5.86. The van der Waals surface area contributed by atoms with Crippen LogP contribution < -0.4 is 14.8 Å². The van der Waals surface area contributed by atoms with E-state index in [9.17, 15) is 5.11 Å². The second-order valence-corrected chi connectivity index (χ2v) is 7.10. The number of fused-ring (bicyclic) bond motifs is 2. The maximum absolute atomic E-state index is 10.5. The van der Waals surface area contributed by atoms with Gasteiger partial charge < -0.3 is 24.3 Å². The standard InChI is InChI=1S/C21H21N3O3/c1-13-5-7-24-12-18(23-20(24)8-13)17-9-14-2-3-15(10-19(14)27-21(17)25)26-16-4-6-22-11-16/h2-3,5,7-10,12,16,21-22,25H,4,6,11H2,1H3/t16-,21?/m1/s1. The van der Waals surface area contributed by atoms with Crippen LogP contribution in [-0.4, -0.2) is 40.0 Å². The van der Waals surface area contributed by atoms with Crippen LogP contribution in [-0.2, 0) is 0 Å². The molecule has 1 saturated heterocycles. The Labute approximate surface area is 157 Å². The summed E-state index contributed by atoms with van der Waals surface area (Å²) in [5.74, 6) is 1.38. The molecule has 0 bridgehead atoms. The third-order valence-electron chi connectivity index (χ3n) is 5.03. The highest BCUT2D eigenvalue weighted by Crippen LogP contribution is 2.36. The van der Waals surface area contributed by atoms with Gasteiger partial charge in [0.2, 0.25) is 6.29 Å². The number of aliphatic hydroxyl groups excluding tert-OH is 1. The van der Waals surface area contributed by atoms with E-state index in [1.54, 1.807) is 0 Å². The van der Waals surface area contributed by atoms with Gasteiger partial charge in [0.05, 0.1) is 5.69 Å². The summed E-state index contributed by atoms with van der Waals surface area (Å²) in [5, 5.41) is 13.8. The number of nitrogens with one attached hydrogen (secondary N) is 1. The van der Waals surface area contributed by atoms with Gasteiger partial charge in [-0.2, -0.15) is 0 Å². The zero-order valence-corrected chi connectivity index (χ0v) is 15.1. The molecule has 2 aliphatic heterocycles. The number of ether oxygens (including phenoxy) is 2. The monoisotopic (exact) mass is 363 g/mol. The minimum Gasteiger partial charge on any atom is -0.489 e. The first kappa shape index (κ1) is 16.4. The largest absolute Gasteiger partial charge is 0.489 e. The third kappa shape index (κ3) is 3.07. The highest BCUT2D eigenvalue weighted by Gasteiger charge is 2.25. The molecule has 2 N–H and O–H groups in total. The molecule has 1 aromatic carbocycles. The first-order valence-electron chi connectivity index (χ1n) is 9.19. The van der Waals surface area contributed by atoms with Crippen molar-refractivity contribution in [1.82, 2.24) is 14.7 Å². The van der Waals surface area contributed by atoms with Crippen molar-refractivity contribution in [3.8, 4) is 11.5 Å². The van der Waals surface area contributed by atoms with Gasteiger partial charge in [-0.25, -0.2) is 4.98 Å². The minimum atomic E-state index is -1.06. The van der Waals surface area contributed by atoms with Crippen LogP contribution in [0.25, 0.3) is 17.3 Å². The first-order valence-corrected chi connectivity index (χ1v) is 9.19.